The van der Waals surface area contributed by atoms with Crippen LogP contribution in [0.25, 0.3) is 0 Å². The standard InChI is InChI=1S/C26H28ClN3O3S/c1-20(28-34(32,33)24-14-12-23(27)13-15-24)26(31)30-18-16-29(17-19-30)25(21-8-4-2-5-9-21)22-10-6-3-7-11-22/h2-15,20,25,28H,16-19H2,1H3/t20-/m0/s1. The summed E-state index contributed by atoms with van der Waals surface area (Å²) in [6, 6.07) is 25.8. The molecule has 1 heterocycles. The summed E-state index contributed by atoms with van der Waals surface area (Å²) in [6.07, 6.45) is 0. The van der Waals surface area contributed by atoms with Crippen LogP contribution < -0.4 is 4.72 Å². The fraction of sp³-hybridized carbons (Fsp3) is 0.269. The van der Waals surface area contributed by atoms with Crippen LogP contribution in [0, 0.1) is 0 Å². The Hall–Kier alpha value is -2.71. The third-order valence-corrected chi connectivity index (χ3v) is 7.86. The molecule has 1 N–H and O–H groups in total. The van der Waals surface area contributed by atoms with Gasteiger partial charge in [0.1, 0.15) is 0 Å². The van der Waals surface area contributed by atoms with Gasteiger partial charge in [-0.3, -0.25) is 9.69 Å². The molecule has 0 aliphatic carbocycles. The van der Waals surface area contributed by atoms with Crippen LogP contribution in [0.3, 0.4) is 0 Å². The van der Waals surface area contributed by atoms with E-state index < -0.39 is 16.1 Å². The summed E-state index contributed by atoms with van der Waals surface area (Å²) in [7, 11) is -3.82. The van der Waals surface area contributed by atoms with Crippen molar-refractivity contribution in [2.75, 3.05) is 26.2 Å². The highest BCUT2D eigenvalue weighted by molar-refractivity contribution is 7.89. The van der Waals surface area contributed by atoms with Crippen LogP contribution in [-0.4, -0.2) is 56.3 Å². The number of sulfonamides is 1. The van der Waals surface area contributed by atoms with E-state index in [-0.39, 0.29) is 16.8 Å². The maximum absolute atomic E-state index is 13.0. The highest BCUT2D eigenvalue weighted by Crippen LogP contribution is 2.29. The molecule has 34 heavy (non-hydrogen) atoms. The van der Waals surface area contributed by atoms with Crippen molar-refractivity contribution in [3.63, 3.8) is 0 Å². The number of nitrogens with one attached hydrogen (secondary N) is 1. The number of amides is 1. The van der Waals surface area contributed by atoms with Gasteiger partial charge in [-0.25, -0.2) is 8.42 Å². The van der Waals surface area contributed by atoms with Crippen LogP contribution in [-0.2, 0) is 14.8 Å². The van der Waals surface area contributed by atoms with Gasteiger partial charge in [-0.2, -0.15) is 4.72 Å². The fourth-order valence-electron chi connectivity index (χ4n) is 4.32. The number of hydrogen-bond donors (Lipinski definition) is 1. The van der Waals surface area contributed by atoms with Crippen molar-refractivity contribution in [3.05, 3.63) is 101 Å². The molecule has 0 spiro atoms. The Kier molecular flexibility index (Phi) is 7.68. The summed E-state index contributed by atoms with van der Waals surface area (Å²) in [4.78, 5) is 17.2. The lowest BCUT2D eigenvalue weighted by Crippen LogP contribution is -2.54. The minimum Gasteiger partial charge on any atom is -0.339 e. The Morgan fingerprint density at radius 1 is 0.824 bits per heavy atom. The number of halogens is 1. The Bertz CT molecular complexity index is 1160. The first-order chi connectivity index (χ1) is 16.3. The van der Waals surface area contributed by atoms with Gasteiger partial charge in [0, 0.05) is 31.2 Å². The summed E-state index contributed by atoms with van der Waals surface area (Å²) >= 11 is 5.85. The zero-order valence-corrected chi connectivity index (χ0v) is 20.5. The van der Waals surface area contributed by atoms with Crippen molar-refractivity contribution in [2.24, 2.45) is 0 Å². The first-order valence-electron chi connectivity index (χ1n) is 11.3. The third-order valence-electron chi connectivity index (χ3n) is 6.05. The molecule has 1 fully saturated rings. The number of piperazine rings is 1. The van der Waals surface area contributed by atoms with Gasteiger partial charge in [0.15, 0.2) is 0 Å². The van der Waals surface area contributed by atoms with Crippen LogP contribution in [0.2, 0.25) is 5.02 Å². The van der Waals surface area contributed by atoms with E-state index in [2.05, 4.69) is 33.9 Å². The topological polar surface area (TPSA) is 69.7 Å². The van der Waals surface area contributed by atoms with E-state index in [1.54, 1.807) is 11.8 Å². The lowest BCUT2D eigenvalue weighted by atomic mass is 9.96. The molecule has 1 aliphatic rings. The second kappa shape index (κ2) is 10.7. The van der Waals surface area contributed by atoms with Crippen LogP contribution in [0.15, 0.2) is 89.8 Å². The summed E-state index contributed by atoms with van der Waals surface area (Å²) in [5, 5.41) is 0.449. The molecule has 1 amide bonds. The van der Waals surface area contributed by atoms with E-state index in [1.807, 2.05) is 36.4 Å². The molecule has 0 radical (unpaired) electrons. The van der Waals surface area contributed by atoms with Crippen molar-refractivity contribution in [1.82, 2.24) is 14.5 Å². The lowest BCUT2D eigenvalue weighted by Gasteiger charge is -2.40. The molecule has 0 unspecified atom stereocenters. The predicted octanol–water partition coefficient (Wildman–Crippen LogP) is 3.94. The highest BCUT2D eigenvalue weighted by Gasteiger charge is 2.31. The van der Waals surface area contributed by atoms with Crippen LogP contribution >= 0.6 is 11.6 Å². The monoisotopic (exact) mass is 497 g/mol. The molecule has 1 saturated heterocycles. The lowest BCUT2D eigenvalue weighted by molar-refractivity contribution is -0.134. The van der Waals surface area contributed by atoms with Crippen LogP contribution in [0.5, 0.6) is 0 Å². The van der Waals surface area contributed by atoms with E-state index >= 15 is 0 Å². The van der Waals surface area contributed by atoms with Crippen molar-refractivity contribution in [1.29, 1.82) is 0 Å². The molecule has 178 valence electrons. The number of benzene rings is 3. The first-order valence-corrected chi connectivity index (χ1v) is 13.1. The molecule has 0 aromatic heterocycles. The molecule has 8 heteroatoms. The van der Waals surface area contributed by atoms with Crippen molar-refractivity contribution < 1.29 is 13.2 Å². The zero-order chi connectivity index (χ0) is 24.1. The number of rotatable bonds is 7. The minimum absolute atomic E-state index is 0.0786. The summed E-state index contributed by atoms with van der Waals surface area (Å²) < 4.78 is 27.8. The molecular weight excluding hydrogens is 470 g/mol. The van der Waals surface area contributed by atoms with Gasteiger partial charge in [0.2, 0.25) is 15.9 Å². The van der Waals surface area contributed by atoms with Gasteiger partial charge in [0.25, 0.3) is 0 Å². The second-order valence-corrected chi connectivity index (χ2v) is 10.5. The molecule has 1 atom stereocenters. The van der Waals surface area contributed by atoms with Crippen LogP contribution in [0.4, 0.5) is 0 Å². The molecule has 0 saturated carbocycles. The van der Waals surface area contributed by atoms with Crippen molar-refractivity contribution in [2.45, 2.75) is 23.9 Å². The summed E-state index contributed by atoms with van der Waals surface area (Å²) in [5.74, 6) is -0.229. The van der Waals surface area contributed by atoms with E-state index in [0.717, 1.165) is 0 Å². The number of carbonyl (C=O) groups excluding carboxylic acids is 1. The van der Waals surface area contributed by atoms with E-state index in [4.69, 9.17) is 11.6 Å². The SMILES string of the molecule is C[C@H](NS(=O)(=O)c1ccc(Cl)cc1)C(=O)N1CCN(C(c2ccccc2)c2ccccc2)CC1. The zero-order valence-electron chi connectivity index (χ0n) is 19.0. The molecule has 0 bridgehead atoms. The van der Waals surface area contributed by atoms with Gasteiger partial charge in [0.05, 0.1) is 17.0 Å². The second-order valence-electron chi connectivity index (χ2n) is 8.38. The van der Waals surface area contributed by atoms with E-state index in [0.29, 0.717) is 31.2 Å². The Balaban J connectivity index is 1.42. The summed E-state index contributed by atoms with van der Waals surface area (Å²) in [6.45, 7) is 4.02. The molecule has 3 aromatic carbocycles. The maximum Gasteiger partial charge on any atom is 0.241 e. The number of hydrogen-bond acceptors (Lipinski definition) is 4. The Morgan fingerprint density at radius 3 is 1.82 bits per heavy atom. The van der Waals surface area contributed by atoms with E-state index in [9.17, 15) is 13.2 Å². The smallest absolute Gasteiger partial charge is 0.241 e. The van der Waals surface area contributed by atoms with Gasteiger partial charge in [-0.1, -0.05) is 72.3 Å². The Labute approximate surface area is 206 Å². The highest BCUT2D eigenvalue weighted by atomic mass is 35.5. The molecule has 1 aliphatic heterocycles. The van der Waals surface area contributed by atoms with Gasteiger partial charge < -0.3 is 4.90 Å². The average molecular weight is 498 g/mol. The first kappa shape index (κ1) is 24.4. The molecule has 4 rings (SSSR count). The average Bonchev–Trinajstić information content (AvgIpc) is 2.85. The predicted molar refractivity (Wildman–Crippen MR) is 134 cm³/mol. The molecular formula is C26H28ClN3O3S. The van der Waals surface area contributed by atoms with Crippen molar-refractivity contribution in [3.8, 4) is 0 Å². The van der Waals surface area contributed by atoms with Crippen LogP contribution in [0.1, 0.15) is 24.1 Å². The van der Waals surface area contributed by atoms with Gasteiger partial charge in [-0.05, 0) is 42.3 Å². The Morgan fingerprint density at radius 2 is 1.32 bits per heavy atom. The maximum atomic E-state index is 13.0. The van der Waals surface area contributed by atoms with Gasteiger partial charge >= 0.3 is 0 Å². The minimum atomic E-state index is -3.82. The quantitative estimate of drug-likeness (QED) is 0.536. The number of carbonyl (C=O) groups is 1. The summed E-state index contributed by atoms with van der Waals surface area (Å²) in [5.41, 5.74) is 2.41. The molecule has 6 nitrogen and oxygen atoms in total. The normalized spacial score (nSPS) is 15.9. The third kappa shape index (κ3) is 5.67. The molecule has 3 aromatic rings. The fourth-order valence-corrected chi connectivity index (χ4v) is 5.65. The van der Waals surface area contributed by atoms with Crippen molar-refractivity contribution >= 4 is 27.5 Å². The number of nitrogens with zero attached hydrogens (tertiary/aromatic N) is 2. The van der Waals surface area contributed by atoms with E-state index in [1.165, 1.54) is 35.4 Å². The largest absolute Gasteiger partial charge is 0.339 e. The van der Waals surface area contributed by atoms with Gasteiger partial charge in [-0.15, -0.1) is 0 Å².